The topological polar surface area (TPSA) is 85.9 Å². The Labute approximate surface area is 155 Å². The first kappa shape index (κ1) is 16.2. The predicted molar refractivity (Wildman–Crippen MR) is 98.1 cm³/mol. The standard InChI is InChI=1S/C19H20N6O2/c1-12(25-11-20-15-5-3-2-4-14(15)19(25)27)18(26)23-8-9-24-16(10-23)21-22-17(24)13-6-7-13/h2-5,11-13H,6-10H2,1H3. The van der Waals surface area contributed by atoms with Gasteiger partial charge in [0, 0.05) is 19.0 Å². The van der Waals surface area contributed by atoms with E-state index < -0.39 is 6.04 Å². The second kappa shape index (κ2) is 6.00. The van der Waals surface area contributed by atoms with Crippen LogP contribution in [0, 0.1) is 0 Å². The summed E-state index contributed by atoms with van der Waals surface area (Å²) in [4.78, 5) is 31.9. The van der Waals surface area contributed by atoms with Crippen LogP contribution in [0.2, 0.25) is 0 Å². The summed E-state index contributed by atoms with van der Waals surface area (Å²) in [6.45, 7) is 3.48. The third kappa shape index (κ3) is 2.63. The van der Waals surface area contributed by atoms with Gasteiger partial charge in [-0.15, -0.1) is 10.2 Å². The average molecular weight is 364 g/mol. The number of aromatic nitrogens is 5. The zero-order valence-electron chi connectivity index (χ0n) is 15.1. The molecule has 2 aliphatic rings. The van der Waals surface area contributed by atoms with Gasteiger partial charge in [0.1, 0.15) is 11.9 Å². The lowest BCUT2D eigenvalue weighted by atomic mass is 10.2. The molecule has 0 N–H and O–H groups in total. The number of carbonyl (C=O) groups is 1. The van der Waals surface area contributed by atoms with Gasteiger partial charge in [-0.2, -0.15) is 0 Å². The molecule has 1 fully saturated rings. The fourth-order valence-corrected chi connectivity index (χ4v) is 3.75. The molecule has 1 unspecified atom stereocenters. The number of hydrogen-bond acceptors (Lipinski definition) is 5. The molecule has 0 saturated heterocycles. The lowest BCUT2D eigenvalue weighted by molar-refractivity contribution is -0.136. The van der Waals surface area contributed by atoms with E-state index >= 15 is 0 Å². The molecule has 8 nitrogen and oxygen atoms in total. The number of carbonyl (C=O) groups excluding carboxylic acids is 1. The Kier molecular flexibility index (Phi) is 3.60. The molecule has 2 aromatic heterocycles. The van der Waals surface area contributed by atoms with Gasteiger partial charge in [-0.1, -0.05) is 12.1 Å². The number of rotatable bonds is 3. The van der Waals surface area contributed by atoms with Gasteiger partial charge >= 0.3 is 0 Å². The summed E-state index contributed by atoms with van der Waals surface area (Å²) in [5, 5.41) is 9.11. The normalized spacial score (nSPS) is 17.7. The minimum absolute atomic E-state index is 0.101. The molecule has 138 valence electrons. The largest absolute Gasteiger partial charge is 0.332 e. The highest BCUT2D eigenvalue weighted by Gasteiger charge is 2.34. The fraction of sp³-hybridized carbons (Fsp3) is 0.421. The maximum Gasteiger partial charge on any atom is 0.261 e. The summed E-state index contributed by atoms with van der Waals surface area (Å²) >= 11 is 0. The second-order valence-corrected chi connectivity index (χ2v) is 7.31. The second-order valence-electron chi connectivity index (χ2n) is 7.31. The van der Waals surface area contributed by atoms with Crippen molar-refractivity contribution in [2.75, 3.05) is 6.54 Å². The first-order valence-electron chi connectivity index (χ1n) is 9.30. The third-order valence-electron chi connectivity index (χ3n) is 5.50. The maximum absolute atomic E-state index is 13.0. The van der Waals surface area contributed by atoms with Crippen LogP contribution in [0.1, 0.15) is 43.4 Å². The van der Waals surface area contributed by atoms with E-state index in [9.17, 15) is 9.59 Å². The molecular formula is C19H20N6O2. The van der Waals surface area contributed by atoms with E-state index in [2.05, 4.69) is 19.7 Å². The SMILES string of the molecule is CC(C(=O)N1CCn2c(nnc2C2CC2)C1)n1cnc2ccccc2c1=O. The van der Waals surface area contributed by atoms with Crippen molar-refractivity contribution in [3.8, 4) is 0 Å². The van der Waals surface area contributed by atoms with E-state index in [4.69, 9.17) is 0 Å². The molecule has 3 heterocycles. The van der Waals surface area contributed by atoms with Crippen LogP contribution in [-0.2, 0) is 17.9 Å². The molecule has 1 aliphatic carbocycles. The summed E-state index contributed by atoms with van der Waals surface area (Å²) in [6.07, 6.45) is 3.82. The van der Waals surface area contributed by atoms with Gasteiger partial charge in [0.15, 0.2) is 5.82 Å². The van der Waals surface area contributed by atoms with Crippen LogP contribution in [-0.4, -0.2) is 41.7 Å². The van der Waals surface area contributed by atoms with Crippen LogP contribution < -0.4 is 5.56 Å². The fourth-order valence-electron chi connectivity index (χ4n) is 3.75. The molecular weight excluding hydrogens is 344 g/mol. The van der Waals surface area contributed by atoms with Gasteiger partial charge in [-0.3, -0.25) is 14.2 Å². The molecule has 5 rings (SSSR count). The molecule has 1 saturated carbocycles. The quantitative estimate of drug-likeness (QED) is 0.702. The Bertz CT molecular complexity index is 1100. The van der Waals surface area contributed by atoms with Gasteiger partial charge in [-0.05, 0) is 31.9 Å². The summed E-state index contributed by atoms with van der Waals surface area (Å²) in [5.74, 6) is 2.32. The molecule has 1 atom stereocenters. The maximum atomic E-state index is 13.0. The molecule has 1 aliphatic heterocycles. The van der Waals surface area contributed by atoms with Gasteiger partial charge in [0.05, 0.1) is 23.8 Å². The first-order chi connectivity index (χ1) is 13.1. The summed E-state index contributed by atoms with van der Waals surface area (Å²) in [7, 11) is 0. The van der Waals surface area contributed by atoms with Gasteiger partial charge in [0.2, 0.25) is 5.91 Å². The summed E-state index contributed by atoms with van der Waals surface area (Å²) in [6, 6.07) is 6.56. The average Bonchev–Trinajstić information content (AvgIpc) is 3.46. The van der Waals surface area contributed by atoms with Gasteiger partial charge in [0.25, 0.3) is 5.56 Å². The van der Waals surface area contributed by atoms with Crippen molar-refractivity contribution < 1.29 is 4.79 Å². The van der Waals surface area contributed by atoms with Crippen LogP contribution in [0.25, 0.3) is 10.9 Å². The number of fused-ring (bicyclic) bond motifs is 2. The van der Waals surface area contributed by atoms with Crippen LogP contribution in [0.3, 0.4) is 0 Å². The number of para-hydroxylation sites is 1. The van der Waals surface area contributed by atoms with Crippen molar-refractivity contribution in [3.63, 3.8) is 0 Å². The van der Waals surface area contributed by atoms with E-state index in [1.807, 2.05) is 6.07 Å². The highest BCUT2D eigenvalue weighted by molar-refractivity contribution is 5.81. The van der Waals surface area contributed by atoms with Crippen molar-refractivity contribution in [3.05, 3.63) is 52.6 Å². The Morgan fingerprint density at radius 2 is 2.00 bits per heavy atom. The van der Waals surface area contributed by atoms with Crippen molar-refractivity contribution in [2.24, 2.45) is 0 Å². The Morgan fingerprint density at radius 1 is 1.19 bits per heavy atom. The van der Waals surface area contributed by atoms with E-state index in [1.54, 1.807) is 30.0 Å². The van der Waals surface area contributed by atoms with E-state index in [0.29, 0.717) is 36.5 Å². The Balaban J connectivity index is 1.41. The minimum atomic E-state index is -0.619. The molecule has 1 aromatic carbocycles. The summed E-state index contributed by atoms with van der Waals surface area (Å²) < 4.78 is 3.56. The van der Waals surface area contributed by atoms with Crippen molar-refractivity contribution in [1.29, 1.82) is 0 Å². The lowest BCUT2D eigenvalue weighted by Gasteiger charge is -2.30. The lowest BCUT2D eigenvalue weighted by Crippen LogP contribution is -2.43. The molecule has 0 bridgehead atoms. The molecule has 8 heteroatoms. The van der Waals surface area contributed by atoms with E-state index in [-0.39, 0.29) is 11.5 Å². The molecule has 3 aromatic rings. The van der Waals surface area contributed by atoms with E-state index in [0.717, 1.165) is 11.6 Å². The summed E-state index contributed by atoms with van der Waals surface area (Å²) in [5.41, 5.74) is 0.440. The van der Waals surface area contributed by atoms with Gasteiger partial charge < -0.3 is 9.47 Å². The molecule has 0 radical (unpaired) electrons. The van der Waals surface area contributed by atoms with E-state index in [1.165, 1.54) is 23.7 Å². The molecule has 0 spiro atoms. The third-order valence-corrected chi connectivity index (χ3v) is 5.50. The number of nitrogens with zero attached hydrogens (tertiary/aromatic N) is 6. The smallest absolute Gasteiger partial charge is 0.261 e. The first-order valence-corrected chi connectivity index (χ1v) is 9.30. The monoisotopic (exact) mass is 364 g/mol. The van der Waals surface area contributed by atoms with Crippen LogP contribution >= 0.6 is 0 Å². The number of benzene rings is 1. The number of amides is 1. The Hall–Kier alpha value is -3.03. The molecule has 1 amide bonds. The highest BCUT2D eigenvalue weighted by Crippen LogP contribution is 2.39. The van der Waals surface area contributed by atoms with Crippen LogP contribution in [0.5, 0.6) is 0 Å². The van der Waals surface area contributed by atoms with Crippen molar-refractivity contribution >= 4 is 16.8 Å². The predicted octanol–water partition coefficient (Wildman–Crippen LogP) is 1.47. The van der Waals surface area contributed by atoms with Gasteiger partial charge in [-0.25, -0.2) is 4.98 Å². The molecule has 27 heavy (non-hydrogen) atoms. The Morgan fingerprint density at radius 3 is 2.81 bits per heavy atom. The zero-order chi connectivity index (χ0) is 18.5. The van der Waals surface area contributed by atoms with Crippen molar-refractivity contribution in [2.45, 2.75) is 44.8 Å². The number of hydrogen-bond donors (Lipinski definition) is 0. The highest BCUT2D eigenvalue weighted by atomic mass is 16.2. The van der Waals surface area contributed by atoms with Crippen LogP contribution in [0.15, 0.2) is 35.4 Å². The zero-order valence-corrected chi connectivity index (χ0v) is 15.1. The minimum Gasteiger partial charge on any atom is -0.332 e. The van der Waals surface area contributed by atoms with Crippen molar-refractivity contribution in [1.82, 2.24) is 29.2 Å². The van der Waals surface area contributed by atoms with Crippen LogP contribution in [0.4, 0.5) is 0 Å².